The molecule has 0 fully saturated rings. The quantitative estimate of drug-likeness (QED) is 0.673. The number of rotatable bonds is 5. The summed E-state index contributed by atoms with van der Waals surface area (Å²) in [6.07, 6.45) is 7.42. The number of carbonyl (C=O) groups is 1. The molecule has 0 aromatic heterocycles. The number of carbonyl (C=O) groups excluding carboxylic acids is 1. The first-order valence-corrected chi connectivity index (χ1v) is 8.07. The maximum absolute atomic E-state index is 12.8. The largest absolute Gasteiger partial charge is 0.346 e. The molecule has 3 rings (SSSR count). The Morgan fingerprint density at radius 3 is 1.84 bits per heavy atom. The highest BCUT2D eigenvalue weighted by atomic mass is 16.7. The van der Waals surface area contributed by atoms with Gasteiger partial charge < -0.3 is 14.8 Å². The monoisotopic (exact) mass is 335 g/mol. The molecule has 0 aliphatic heterocycles. The van der Waals surface area contributed by atoms with E-state index in [1.165, 1.54) is 0 Å². The lowest BCUT2D eigenvalue weighted by molar-refractivity contribution is -0.134. The van der Waals surface area contributed by atoms with E-state index in [0.717, 1.165) is 5.56 Å². The van der Waals surface area contributed by atoms with Gasteiger partial charge in [0.15, 0.2) is 0 Å². The highest BCUT2D eigenvalue weighted by Crippen LogP contribution is 2.33. The first-order valence-electron chi connectivity index (χ1n) is 8.07. The third-order valence-electron chi connectivity index (χ3n) is 4.40. The fraction of sp³-hybridized carbons (Fsp3) is 0.190. The van der Waals surface area contributed by atoms with Gasteiger partial charge in [-0.2, -0.15) is 0 Å². The summed E-state index contributed by atoms with van der Waals surface area (Å²) in [6, 6.07) is 19.0. The van der Waals surface area contributed by atoms with Crippen molar-refractivity contribution in [2.45, 2.75) is 11.3 Å². The Hall–Kier alpha value is -2.69. The van der Waals surface area contributed by atoms with Crippen LogP contribution in [0.1, 0.15) is 15.9 Å². The van der Waals surface area contributed by atoms with Crippen molar-refractivity contribution in [2.75, 3.05) is 14.2 Å². The molecule has 0 heterocycles. The topological polar surface area (TPSA) is 47.6 Å². The Morgan fingerprint density at radius 2 is 1.32 bits per heavy atom. The highest BCUT2D eigenvalue weighted by molar-refractivity contribution is 5.95. The molecule has 1 aliphatic rings. The Balaban J connectivity index is 1.98. The van der Waals surface area contributed by atoms with Crippen LogP contribution < -0.4 is 5.32 Å². The number of methoxy groups -OCH3 is 2. The van der Waals surface area contributed by atoms with Crippen molar-refractivity contribution >= 4 is 5.91 Å². The standard InChI is InChI=1S/C21H21NO3/c1-24-21(25-2)15-13-20(14-16-21,18-11-7-4-8-12-18)22-19(23)17-9-5-3-6-10-17/h3-16H,1-2H3,(H,22,23). The summed E-state index contributed by atoms with van der Waals surface area (Å²) in [6.45, 7) is 0. The van der Waals surface area contributed by atoms with Crippen LogP contribution in [0, 0.1) is 0 Å². The number of ether oxygens (including phenoxy) is 2. The molecule has 0 saturated carbocycles. The van der Waals surface area contributed by atoms with Gasteiger partial charge in [-0.15, -0.1) is 0 Å². The van der Waals surface area contributed by atoms with Gasteiger partial charge in [-0.25, -0.2) is 0 Å². The van der Waals surface area contributed by atoms with Crippen LogP contribution in [0.4, 0.5) is 0 Å². The maximum Gasteiger partial charge on any atom is 0.252 e. The normalized spacial score (nSPS) is 17.2. The predicted octanol–water partition coefficient (Wildman–Crippen LogP) is 3.43. The number of nitrogens with one attached hydrogen (secondary N) is 1. The summed E-state index contributed by atoms with van der Waals surface area (Å²) in [5.41, 5.74) is 0.789. The zero-order valence-electron chi connectivity index (χ0n) is 14.3. The summed E-state index contributed by atoms with van der Waals surface area (Å²) in [5, 5.41) is 3.13. The Labute approximate surface area is 147 Å². The zero-order chi connectivity index (χ0) is 17.8. The van der Waals surface area contributed by atoms with Crippen molar-refractivity contribution in [1.29, 1.82) is 0 Å². The SMILES string of the molecule is COC1(OC)C=CC(NC(=O)c2ccccc2)(c2ccccc2)C=C1. The van der Waals surface area contributed by atoms with Crippen LogP contribution in [0.2, 0.25) is 0 Å². The van der Waals surface area contributed by atoms with E-state index in [-0.39, 0.29) is 5.91 Å². The Kier molecular flexibility index (Phi) is 4.83. The first kappa shape index (κ1) is 17.1. The molecule has 1 amide bonds. The van der Waals surface area contributed by atoms with Gasteiger partial charge in [0.25, 0.3) is 5.91 Å². The lowest BCUT2D eigenvalue weighted by Gasteiger charge is -2.36. The molecule has 25 heavy (non-hydrogen) atoms. The molecular formula is C21H21NO3. The lowest BCUT2D eigenvalue weighted by atomic mass is 9.84. The second kappa shape index (κ2) is 7.05. The van der Waals surface area contributed by atoms with Gasteiger partial charge in [0.05, 0.1) is 0 Å². The Bertz CT molecular complexity index is 761. The van der Waals surface area contributed by atoms with Crippen LogP contribution in [-0.2, 0) is 15.0 Å². The molecule has 0 bridgehead atoms. The van der Waals surface area contributed by atoms with E-state index >= 15 is 0 Å². The van der Waals surface area contributed by atoms with Crippen LogP contribution in [0.5, 0.6) is 0 Å². The lowest BCUT2D eigenvalue weighted by Crippen LogP contribution is -2.46. The van der Waals surface area contributed by atoms with Gasteiger partial charge in [0.1, 0.15) is 5.54 Å². The van der Waals surface area contributed by atoms with Crippen molar-refractivity contribution < 1.29 is 14.3 Å². The van der Waals surface area contributed by atoms with E-state index < -0.39 is 11.3 Å². The molecule has 0 saturated heterocycles. The fourth-order valence-corrected chi connectivity index (χ4v) is 2.87. The van der Waals surface area contributed by atoms with Crippen molar-refractivity contribution in [2.24, 2.45) is 0 Å². The minimum Gasteiger partial charge on any atom is -0.346 e. The molecule has 1 aliphatic carbocycles. The summed E-state index contributed by atoms with van der Waals surface area (Å²) in [7, 11) is 3.16. The smallest absolute Gasteiger partial charge is 0.252 e. The van der Waals surface area contributed by atoms with Crippen molar-refractivity contribution in [3.8, 4) is 0 Å². The van der Waals surface area contributed by atoms with Gasteiger partial charge in [0.2, 0.25) is 5.79 Å². The molecular weight excluding hydrogens is 314 g/mol. The Morgan fingerprint density at radius 1 is 0.800 bits per heavy atom. The number of benzene rings is 2. The number of hydrogen-bond donors (Lipinski definition) is 1. The van der Waals surface area contributed by atoms with E-state index in [4.69, 9.17) is 9.47 Å². The van der Waals surface area contributed by atoms with E-state index in [9.17, 15) is 4.79 Å². The average molecular weight is 335 g/mol. The van der Waals surface area contributed by atoms with Crippen LogP contribution in [-0.4, -0.2) is 25.9 Å². The summed E-state index contributed by atoms with van der Waals surface area (Å²) in [5.74, 6) is -1.07. The van der Waals surface area contributed by atoms with E-state index in [2.05, 4.69) is 5.32 Å². The fourth-order valence-electron chi connectivity index (χ4n) is 2.87. The van der Waals surface area contributed by atoms with E-state index in [1.807, 2.05) is 72.8 Å². The van der Waals surface area contributed by atoms with Crippen LogP contribution >= 0.6 is 0 Å². The van der Waals surface area contributed by atoms with Crippen molar-refractivity contribution in [1.82, 2.24) is 5.32 Å². The molecule has 2 aromatic carbocycles. The minimum atomic E-state index is -0.921. The maximum atomic E-state index is 12.8. The van der Waals surface area contributed by atoms with Crippen molar-refractivity contribution in [3.63, 3.8) is 0 Å². The molecule has 0 atom stereocenters. The molecule has 128 valence electrons. The van der Waals surface area contributed by atoms with E-state index in [0.29, 0.717) is 5.56 Å². The summed E-state index contributed by atoms with van der Waals surface area (Å²) >= 11 is 0. The molecule has 4 nitrogen and oxygen atoms in total. The number of amides is 1. The second-order valence-corrected chi connectivity index (χ2v) is 5.85. The first-order chi connectivity index (χ1) is 12.1. The van der Waals surface area contributed by atoms with Crippen LogP contribution in [0.3, 0.4) is 0 Å². The summed E-state index contributed by atoms with van der Waals surface area (Å²) in [4.78, 5) is 12.8. The predicted molar refractivity (Wildman–Crippen MR) is 97.1 cm³/mol. The molecule has 2 aromatic rings. The molecule has 0 radical (unpaired) electrons. The highest BCUT2D eigenvalue weighted by Gasteiger charge is 2.36. The van der Waals surface area contributed by atoms with Gasteiger partial charge in [0, 0.05) is 19.8 Å². The van der Waals surface area contributed by atoms with Crippen molar-refractivity contribution in [3.05, 3.63) is 96.1 Å². The third-order valence-corrected chi connectivity index (χ3v) is 4.40. The second-order valence-electron chi connectivity index (χ2n) is 5.85. The zero-order valence-corrected chi connectivity index (χ0v) is 14.3. The van der Waals surface area contributed by atoms with Gasteiger partial charge in [-0.1, -0.05) is 48.5 Å². The van der Waals surface area contributed by atoms with Gasteiger partial charge >= 0.3 is 0 Å². The minimum absolute atomic E-state index is 0.152. The summed E-state index contributed by atoms with van der Waals surface area (Å²) < 4.78 is 10.9. The molecule has 0 spiro atoms. The van der Waals surface area contributed by atoms with E-state index in [1.54, 1.807) is 26.4 Å². The molecule has 4 heteroatoms. The number of hydrogen-bond acceptors (Lipinski definition) is 3. The molecule has 1 N–H and O–H groups in total. The van der Waals surface area contributed by atoms with Crippen LogP contribution in [0.15, 0.2) is 85.0 Å². The van der Waals surface area contributed by atoms with Crippen LogP contribution in [0.25, 0.3) is 0 Å². The van der Waals surface area contributed by atoms with Gasteiger partial charge in [-0.3, -0.25) is 4.79 Å². The van der Waals surface area contributed by atoms with Gasteiger partial charge in [-0.05, 0) is 42.0 Å². The third kappa shape index (κ3) is 3.40. The molecule has 0 unspecified atom stereocenters. The average Bonchev–Trinajstić information content (AvgIpc) is 2.70.